The number of nitrogens with one attached hydrogen (secondary N) is 1. The molecular weight excluding hydrogens is 480 g/mol. The summed E-state index contributed by atoms with van der Waals surface area (Å²) in [5.41, 5.74) is 7.76. The molecule has 2 aromatic heterocycles. The van der Waals surface area contributed by atoms with Gasteiger partial charge in [0, 0.05) is 32.5 Å². The number of amides is 1. The molecule has 0 bridgehead atoms. The highest BCUT2D eigenvalue weighted by atomic mass is 16.5. The van der Waals surface area contributed by atoms with Crippen LogP contribution in [0.2, 0.25) is 0 Å². The van der Waals surface area contributed by atoms with Crippen molar-refractivity contribution in [2.45, 2.75) is 105 Å². The molecule has 212 valence electrons. The van der Waals surface area contributed by atoms with E-state index in [0.717, 1.165) is 95.4 Å². The first kappa shape index (κ1) is 29.9. The minimum Gasteiger partial charge on any atom is -0.472 e. The molecule has 9 nitrogen and oxygen atoms in total. The number of imidazole rings is 1. The van der Waals surface area contributed by atoms with Crippen LogP contribution in [-0.4, -0.2) is 51.5 Å². The largest absolute Gasteiger partial charge is 0.472 e. The molecule has 1 aliphatic carbocycles. The number of carbonyl (C=O) groups is 1. The summed E-state index contributed by atoms with van der Waals surface area (Å²) in [6.07, 6.45) is 13.8. The van der Waals surface area contributed by atoms with Crippen LogP contribution >= 0.6 is 0 Å². The van der Waals surface area contributed by atoms with E-state index in [1.54, 1.807) is 0 Å². The fourth-order valence-corrected chi connectivity index (χ4v) is 5.03. The van der Waals surface area contributed by atoms with Crippen molar-refractivity contribution in [2.24, 2.45) is 11.8 Å². The highest BCUT2D eigenvalue weighted by Crippen LogP contribution is 2.34. The standard InChI is InChI=1S/C29H48N6O3/c1-5-7-11-24-32-26-27(29(38-21(3)4)34-33-28(26)30)35(24)20-23-15-13-22(14-16-23)19-31-25(36)12-9-8-10-18-37-17-6-2/h8-9,21-23H,5-7,10-20H2,1-4H3,(H2,30,33)(H,31,36)/b9-8+. The average molecular weight is 529 g/mol. The third-order valence-corrected chi connectivity index (χ3v) is 7.08. The van der Waals surface area contributed by atoms with Crippen LogP contribution in [0.4, 0.5) is 5.82 Å². The molecule has 0 spiro atoms. The van der Waals surface area contributed by atoms with Crippen molar-refractivity contribution in [2.75, 3.05) is 25.5 Å². The van der Waals surface area contributed by atoms with Crippen LogP contribution in [0.3, 0.4) is 0 Å². The van der Waals surface area contributed by atoms with E-state index in [9.17, 15) is 4.79 Å². The summed E-state index contributed by atoms with van der Waals surface area (Å²) in [4.78, 5) is 17.1. The molecular formula is C29H48N6O3. The maximum absolute atomic E-state index is 12.2. The van der Waals surface area contributed by atoms with E-state index in [4.69, 9.17) is 20.2 Å². The van der Waals surface area contributed by atoms with Crippen molar-refractivity contribution < 1.29 is 14.3 Å². The van der Waals surface area contributed by atoms with E-state index in [2.05, 4.69) is 33.9 Å². The van der Waals surface area contributed by atoms with Crippen LogP contribution in [0, 0.1) is 11.8 Å². The average Bonchev–Trinajstić information content (AvgIpc) is 3.27. The van der Waals surface area contributed by atoms with Crippen molar-refractivity contribution in [1.82, 2.24) is 25.1 Å². The summed E-state index contributed by atoms with van der Waals surface area (Å²) >= 11 is 0. The number of anilines is 1. The number of fused-ring (bicyclic) bond motifs is 1. The number of nitrogens with zero attached hydrogens (tertiary/aromatic N) is 4. The highest BCUT2D eigenvalue weighted by Gasteiger charge is 2.26. The third-order valence-electron chi connectivity index (χ3n) is 7.08. The smallest absolute Gasteiger partial charge is 0.260 e. The van der Waals surface area contributed by atoms with E-state index < -0.39 is 0 Å². The van der Waals surface area contributed by atoms with Gasteiger partial charge >= 0.3 is 0 Å². The fraction of sp³-hybridized carbons (Fsp3) is 0.724. The molecule has 9 heteroatoms. The SMILES string of the molecule is CCCCc1nc2c(N)nnc(OC(C)C)c2n1CC1CCC(CNC(=O)C/C=C/CCOCCC)CC1. The van der Waals surface area contributed by atoms with Crippen LogP contribution in [0.25, 0.3) is 11.0 Å². The molecule has 1 saturated carbocycles. The molecule has 0 unspecified atom stereocenters. The highest BCUT2D eigenvalue weighted by molar-refractivity contribution is 5.88. The quantitative estimate of drug-likeness (QED) is 0.226. The van der Waals surface area contributed by atoms with Crippen LogP contribution in [0.1, 0.15) is 91.3 Å². The van der Waals surface area contributed by atoms with E-state index in [0.29, 0.717) is 35.5 Å². The number of aromatic nitrogens is 4. The molecule has 38 heavy (non-hydrogen) atoms. The Labute approximate surface area is 228 Å². The molecule has 1 amide bonds. The fourth-order valence-electron chi connectivity index (χ4n) is 5.03. The molecule has 2 heterocycles. The summed E-state index contributed by atoms with van der Waals surface area (Å²) in [6.45, 7) is 11.4. The van der Waals surface area contributed by atoms with Crippen molar-refractivity contribution in [3.63, 3.8) is 0 Å². The van der Waals surface area contributed by atoms with Crippen LogP contribution in [-0.2, 0) is 22.5 Å². The molecule has 0 aromatic carbocycles. The second-order valence-corrected chi connectivity index (χ2v) is 10.8. The lowest BCUT2D eigenvalue weighted by atomic mass is 9.82. The molecule has 2 aromatic rings. The van der Waals surface area contributed by atoms with E-state index >= 15 is 0 Å². The van der Waals surface area contributed by atoms with Gasteiger partial charge < -0.3 is 25.1 Å². The lowest BCUT2D eigenvalue weighted by Crippen LogP contribution is -2.31. The molecule has 1 fully saturated rings. The summed E-state index contributed by atoms with van der Waals surface area (Å²) in [7, 11) is 0. The Bertz CT molecular complexity index is 1030. The van der Waals surface area contributed by atoms with E-state index in [1.807, 2.05) is 26.0 Å². The number of hydrogen-bond donors (Lipinski definition) is 2. The van der Waals surface area contributed by atoms with Gasteiger partial charge in [-0.2, -0.15) is 0 Å². The number of hydrogen-bond acceptors (Lipinski definition) is 7. The minimum absolute atomic E-state index is 0.0143. The molecule has 0 aliphatic heterocycles. The summed E-state index contributed by atoms with van der Waals surface area (Å²) in [6, 6.07) is 0. The summed E-state index contributed by atoms with van der Waals surface area (Å²) < 4.78 is 13.8. The van der Waals surface area contributed by atoms with Gasteiger partial charge in [0.25, 0.3) is 5.88 Å². The van der Waals surface area contributed by atoms with Crippen LogP contribution in [0.5, 0.6) is 5.88 Å². The zero-order chi connectivity index (χ0) is 27.3. The number of unbranched alkanes of at least 4 members (excludes halogenated alkanes) is 1. The molecule has 0 radical (unpaired) electrons. The predicted molar refractivity (Wildman–Crippen MR) is 152 cm³/mol. The second kappa shape index (κ2) is 15.7. The van der Waals surface area contributed by atoms with Crippen molar-refractivity contribution in [3.8, 4) is 5.88 Å². The van der Waals surface area contributed by atoms with Crippen LogP contribution < -0.4 is 15.8 Å². The third kappa shape index (κ3) is 8.96. The van der Waals surface area contributed by atoms with Gasteiger partial charge in [-0.05, 0) is 70.6 Å². The Morgan fingerprint density at radius 2 is 1.87 bits per heavy atom. The monoisotopic (exact) mass is 528 g/mol. The number of ether oxygens (including phenoxy) is 2. The first-order valence-corrected chi connectivity index (χ1v) is 14.6. The first-order chi connectivity index (χ1) is 18.4. The van der Waals surface area contributed by atoms with Gasteiger partial charge in [-0.3, -0.25) is 4.79 Å². The lowest BCUT2D eigenvalue weighted by Gasteiger charge is -2.29. The maximum Gasteiger partial charge on any atom is 0.260 e. The molecule has 1 aliphatic rings. The topological polar surface area (TPSA) is 117 Å². The van der Waals surface area contributed by atoms with Gasteiger partial charge in [-0.25, -0.2) is 4.98 Å². The van der Waals surface area contributed by atoms with Crippen molar-refractivity contribution >= 4 is 22.8 Å². The maximum atomic E-state index is 12.2. The number of nitrogen functional groups attached to an aromatic ring is 1. The van der Waals surface area contributed by atoms with Gasteiger partial charge in [-0.15, -0.1) is 10.2 Å². The van der Waals surface area contributed by atoms with E-state index in [-0.39, 0.29) is 12.0 Å². The Kier molecular flexibility index (Phi) is 12.3. The summed E-state index contributed by atoms with van der Waals surface area (Å²) in [5.74, 6) is 3.07. The van der Waals surface area contributed by atoms with Gasteiger partial charge in [0.2, 0.25) is 5.91 Å². The van der Waals surface area contributed by atoms with Gasteiger partial charge in [-0.1, -0.05) is 32.4 Å². The Balaban J connectivity index is 1.54. The zero-order valence-electron chi connectivity index (χ0n) is 23.9. The number of nitrogens with two attached hydrogens (primary N) is 1. The molecule has 3 rings (SSSR count). The first-order valence-electron chi connectivity index (χ1n) is 14.6. The Morgan fingerprint density at radius 1 is 1.11 bits per heavy atom. The van der Waals surface area contributed by atoms with Gasteiger partial charge in [0.1, 0.15) is 16.9 Å². The normalized spacial score (nSPS) is 18.0. The van der Waals surface area contributed by atoms with E-state index in [1.165, 1.54) is 0 Å². The minimum atomic E-state index is -0.0143. The van der Waals surface area contributed by atoms with Crippen molar-refractivity contribution in [1.29, 1.82) is 0 Å². The predicted octanol–water partition coefficient (Wildman–Crippen LogP) is 5.22. The molecule has 3 N–H and O–H groups in total. The zero-order valence-corrected chi connectivity index (χ0v) is 23.9. The molecule has 0 atom stereocenters. The van der Waals surface area contributed by atoms with Crippen molar-refractivity contribution in [3.05, 3.63) is 18.0 Å². The van der Waals surface area contributed by atoms with Crippen LogP contribution in [0.15, 0.2) is 12.2 Å². The molecule has 0 saturated heterocycles. The Hall–Kier alpha value is -2.68. The lowest BCUT2D eigenvalue weighted by molar-refractivity contribution is -0.120. The Morgan fingerprint density at radius 3 is 2.58 bits per heavy atom. The number of rotatable bonds is 16. The number of aryl methyl sites for hydroxylation is 1. The second-order valence-electron chi connectivity index (χ2n) is 10.8. The number of carbonyl (C=O) groups excluding carboxylic acids is 1. The van der Waals surface area contributed by atoms with Gasteiger partial charge in [0.05, 0.1) is 12.7 Å². The summed E-state index contributed by atoms with van der Waals surface area (Å²) in [5, 5.41) is 11.5. The van der Waals surface area contributed by atoms with Gasteiger partial charge in [0.15, 0.2) is 5.82 Å².